The van der Waals surface area contributed by atoms with E-state index in [9.17, 15) is 17.6 Å². The fourth-order valence-electron chi connectivity index (χ4n) is 4.38. The van der Waals surface area contributed by atoms with Crippen molar-refractivity contribution in [3.8, 4) is 0 Å². The Morgan fingerprint density at radius 2 is 1.05 bits per heavy atom. The molecule has 3 nitrogen and oxygen atoms in total. The maximum Gasteiger partial charge on any atom is 0.382 e. The van der Waals surface area contributed by atoms with Crippen LogP contribution in [0.1, 0.15) is 39.0 Å². The fraction of sp³-hybridized carbons (Fsp3) is 0.357. The van der Waals surface area contributed by atoms with Crippen LogP contribution < -0.4 is 5.26 Å². The quantitative estimate of drug-likeness (QED) is 0.0973. The van der Waals surface area contributed by atoms with Gasteiger partial charge in [-0.25, -0.2) is 0 Å². The van der Waals surface area contributed by atoms with Crippen LogP contribution in [0.5, 0.6) is 0 Å². The molecule has 2 aliphatic carbocycles. The van der Waals surface area contributed by atoms with Gasteiger partial charge in [0.1, 0.15) is 12.0 Å². The second-order valence-corrected chi connectivity index (χ2v) is 11.8. The largest absolute Gasteiger partial charge is 0.691 e. The van der Waals surface area contributed by atoms with Crippen molar-refractivity contribution in [1.82, 2.24) is 0 Å². The monoisotopic (exact) mass is 554 g/mol. The highest BCUT2D eigenvalue weighted by Crippen LogP contribution is 2.44. The molecule has 5 rings (SSSR count). The van der Waals surface area contributed by atoms with Gasteiger partial charge in [0, 0.05) is 6.92 Å². The molecule has 0 saturated heterocycles. The fourth-order valence-corrected chi connectivity index (χ4v) is 6.75. The smallest absolute Gasteiger partial charge is 0.382 e. The topological polar surface area (TPSA) is 41.5 Å². The number of hydrogen-bond acceptors (Lipinski definition) is 4. The molecule has 0 radical (unpaired) electrons. The Morgan fingerprint density at radius 1 is 0.703 bits per heavy atom. The summed E-state index contributed by atoms with van der Waals surface area (Å²) in [5, 5.41) is 6.98. The van der Waals surface area contributed by atoms with Crippen molar-refractivity contribution >= 4 is 22.9 Å². The van der Waals surface area contributed by atoms with E-state index < -0.39 is 23.2 Å². The molecule has 0 spiro atoms. The number of halogens is 4. The van der Waals surface area contributed by atoms with E-state index >= 15 is 0 Å². The van der Waals surface area contributed by atoms with Crippen LogP contribution in [-0.4, -0.2) is 11.2 Å². The first kappa shape index (κ1) is 29.5. The predicted molar refractivity (Wildman–Crippen MR) is 137 cm³/mol. The second kappa shape index (κ2) is 14.2. The van der Waals surface area contributed by atoms with Gasteiger partial charge in [0.2, 0.25) is 0 Å². The van der Waals surface area contributed by atoms with E-state index in [0.717, 1.165) is 0 Å². The number of alkyl halides is 4. The molecule has 2 fully saturated rings. The number of benzene rings is 3. The Hall–Kier alpha value is -2.04. The number of fused-ring (bicyclic) bond motifs is 2. The second-order valence-electron chi connectivity index (χ2n) is 8.99. The van der Waals surface area contributed by atoms with Gasteiger partial charge >= 0.3 is 11.2 Å². The first-order valence-corrected chi connectivity index (χ1v) is 14.0. The van der Waals surface area contributed by atoms with Crippen molar-refractivity contribution in [3.05, 3.63) is 91.0 Å². The van der Waals surface area contributed by atoms with Gasteiger partial charge in [-0.1, -0.05) is 80.3 Å². The maximum absolute atomic E-state index is 12.0. The summed E-state index contributed by atoms with van der Waals surface area (Å²) in [4.78, 5) is 4.08. The van der Waals surface area contributed by atoms with E-state index in [1.54, 1.807) is 32.1 Å². The predicted octanol–water partition coefficient (Wildman–Crippen LogP) is 8.08. The molecule has 2 bridgehead atoms. The van der Waals surface area contributed by atoms with Crippen LogP contribution in [0.2, 0.25) is 0 Å². The van der Waals surface area contributed by atoms with Crippen LogP contribution in [-0.2, 0) is 20.3 Å². The minimum absolute atomic E-state index is 0.00579. The van der Waals surface area contributed by atoms with E-state index in [1.807, 2.05) is 0 Å². The van der Waals surface area contributed by atoms with Crippen molar-refractivity contribution in [2.75, 3.05) is 0 Å². The van der Waals surface area contributed by atoms with Crippen molar-refractivity contribution in [2.45, 2.75) is 64.9 Å². The average molecular weight is 555 g/mol. The standard InChI is InChI=1S/C18H15S.C7H12.C3H4F4O3S/c1-4-10-16(11-5-1)19(17-12-6-2-7-13-17)18-14-8-3-9-15-18;1-2-7-4-3-6(1)5-7;1-2(4,5)3(6,7)11-10-9-8/h1-15H;6-7H,1-5H2;8H,1H3/q+1;;/p-1. The Labute approximate surface area is 222 Å². The average Bonchev–Trinajstić information content (AvgIpc) is 3.56. The first-order valence-electron chi connectivity index (χ1n) is 12.0. The molecular formula is C28H30F4O3S2. The van der Waals surface area contributed by atoms with Gasteiger partial charge in [-0.3, -0.25) is 5.04 Å². The molecule has 0 aromatic heterocycles. The molecule has 0 atom stereocenters. The summed E-state index contributed by atoms with van der Waals surface area (Å²) >= 11 is -1.03. The third kappa shape index (κ3) is 9.04. The lowest BCUT2D eigenvalue weighted by atomic mass is 10.0. The molecule has 2 saturated carbocycles. The molecule has 2 aliphatic rings. The third-order valence-electron chi connectivity index (χ3n) is 6.25. The molecule has 9 heteroatoms. The molecule has 0 amide bonds. The molecule has 0 unspecified atom stereocenters. The molecule has 0 N–H and O–H groups in total. The van der Waals surface area contributed by atoms with Crippen molar-refractivity contribution in [3.63, 3.8) is 0 Å². The van der Waals surface area contributed by atoms with Gasteiger partial charge in [0.05, 0.1) is 10.9 Å². The van der Waals surface area contributed by atoms with Gasteiger partial charge in [0.25, 0.3) is 0 Å². The highest BCUT2D eigenvalue weighted by Gasteiger charge is 2.54. The summed E-state index contributed by atoms with van der Waals surface area (Å²) in [7, 11) is -0.0146. The summed E-state index contributed by atoms with van der Waals surface area (Å²) in [6.45, 7) is -0.00579. The van der Waals surface area contributed by atoms with Crippen LogP contribution in [0.4, 0.5) is 17.6 Å². The van der Waals surface area contributed by atoms with Crippen molar-refractivity contribution < 1.29 is 32.2 Å². The minimum atomic E-state index is -4.47. The first-order chi connectivity index (χ1) is 17.7. The highest BCUT2D eigenvalue weighted by atomic mass is 32.2. The minimum Gasteiger partial charge on any atom is -0.691 e. The molecule has 200 valence electrons. The number of rotatable bonds is 7. The van der Waals surface area contributed by atoms with Gasteiger partial charge in [0.15, 0.2) is 14.7 Å². The van der Waals surface area contributed by atoms with Gasteiger partial charge < -0.3 is 5.26 Å². The van der Waals surface area contributed by atoms with E-state index in [0.29, 0.717) is 0 Å². The molecule has 37 heavy (non-hydrogen) atoms. The SMILES string of the molecule is C1CC2CCC1C2.CC(F)(F)C(F)(F)SOO[O-].c1ccc([S+](c2ccccc2)c2ccccc2)cc1. The van der Waals surface area contributed by atoms with E-state index in [-0.39, 0.29) is 17.8 Å². The van der Waals surface area contributed by atoms with Crippen LogP contribution in [0, 0.1) is 11.8 Å². The zero-order chi connectivity index (χ0) is 26.7. The van der Waals surface area contributed by atoms with Crippen LogP contribution in [0.3, 0.4) is 0 Å². The van der Waals surface area contributed by atoms with Crippen LogP contribution in [0.15, 0.2) is 106 Å². The molecular weight excluding hydrogens is 524 g/mol. The Morgan fingerprint density at radius 3 is 1.30 bits per heavy atom. The summed E-state index contributed by atoms with van der Waals surface area (Å²) in [6.07, 6.45) is 7.82. The lowest BCUT2D eigenvalue weighted by Crippen LogP contribution is -2.34. The van der Waals surface area contributed by atoms with Gasteiger partial charge in [-0.2, -0.15) is 21.9 Å². The Kier molecular flexibility index (Phi) is 11.3. The van der Waals surface area contributed by atoms with Gasteiger partial charge in [-0.15, -0.1) is 0 Å². The summed E-state index contributed by atoms with van der Waals surface area (Å²) in [6, 6.07) is 32.2. The summed E-state index contributed by atoms with van der Waals surface area (Å²) in [5.74, 6) is -1.93. The highest BCUT2D eigenvalue weighted by molar-refractivity contribution is 7.97. The number of hydrogen-bond donors (Lipinski definition) is 0. The molecule has 0 heterocycles. The third-order valence-corrected chi connectivity index (χ3v) is 9.17. The Balaban J connectivity index is 0.000000177. The normalized spacial score (nSPS) is 18.6. The van der Waals surface area contributed by atoms with Crippen molar-refractivity contribution in [1.29, 1.82) is 0 Å². The zero-order valence-corrected chi connectivity index (χ0v) is 22.0. The lowest BCUT2D eigenvalue weighted by molar-refractivity contribution is -0.777. The molecule has 3 aromatic carbocycles. The zero-order valence-electron chi connectivity index (χ0n) is 20.4. The van der Waals surface area contributed by atoms with E-state index in [2.05, 4.69) is 100 Å². The van der Waals surface area contributed by atoms with Crippen LogP contribution in [0.25, 0.3) is 0 Å². The summed E-state index contributed by atoms with van der Waals surface area (Å²) in [5.41, 5.74) is 0. The summed E-state index contributed by atoms with van der Waals surface area (Å²) < 4.78 is 50.7. The molecule has 0 aliphatic heterocycles. The van der Waals surface area contributed by atoms with E-state index in [1.165, 1.54) is 26.5 Å². The molecule has 3 aromatic rings. The van der Waals surface area contributed by atoms with Gasteiger partial charge in [-0.05, 0) is 54.7 Å². The van der Waals surface area contributed by atoms with E-state index in [4.69, 9.17) is 5.26 Å². The Bertz CT molecular complexity index is 926. The van der Waals surface area contributed by atoms with Crippen molar-refractivity contribution in [2.24, 2.45) is 11.8 Å². The lowest BCUT2D eigenvalue weighted by Gasteiger charge is -2.20. The maximum atomic E-state index is 12.0. The van der Waals surface area contributed by atoms with Crippen LogP contribution >= 0.6 is 12.0 Å².